The van der Waals surface area contributed by atoms with Gasteiger partial charge in [0.25, 0.3) is 0 Å². The van der Waals surface area contributed by atoms with Crippen LogP contribution in [0.1, 0.15) is 44.9 Å². The molecule has 0 aromatic heterocycles. The molecule has 0 bridgehead atoms. The highest BCUT2D eigenvalue weighted by molar-refractivity contribution is 7.80. The van der Waals surface area contributed by atoms with Crippen LogP contribution in [0, 0.1) is 0 Å². The van der Waals surface area contributed by atoms with Crippen molar-refractivity contribution in [3.63, 3.8) is 0 Å². The number of methoxy groups -OCH3 is 1. The summed E-state index contributed by atoms with van der Waals surface area (Å²) < 4.78 is 22.2. The zero-order valence-electron chi connectivity index (χ0n) is 11.5. The van der Waals surface area contributed by atoms with E-state index in [0.29, 0.717) is 6.10 Å². The predicted octanol–water partition coefficient (Wildman–Crippen LogP) is 1.94. The van der Waals surface area contributed by atoms with E-state index >= 15 is 0 Å². The van der Waals surface area contributed by atoms with Crippen LogP contribution < -0.4 is 0 Å². The van der Waals surface area contributed by atoms with E-state index in [1.165, 1.54) is 32.1 Å². The predicted molar refractivity (Wildman–Crippen MR) is 74.4 cm³/mol. The maximum atomic E-state index is 12.5. The molecule has 5 heteroatoms. The molecule has 4 nitrogen and oxygen atoms in total. The van der Waals surface area contributed by atoms with Crippen molar-refractivity contribution in [3.05, 3.63) is 0 Å². The van der Waals surface area contributed by atoms with Gasteiger partial charge in [0.05, 0.1) is 6.10 Å². The second-order valence-corrected chi connectivity index (χ2v) is 6.79. The van der Waals surface area contributed by atoms with Crippen LogP contribution in [0.4, 0.5) is 0 Å². The average Bonchev–Trinajstić information content (AvgIpc) is 2.38. The second-order valence-electron chi connectivity index (χ2n) is 5.29. The molecule has 0 aromatic rings. The summed E-state index contributed by atoms with van der Waals surface area (Å²) in [6, 6.07) is 0. The average molecular weight is 274 g/mol. The number of hydrogen-bond donors (Lipinski definition) is 0. The maximum Gasteiger partial charge on any atom is 0.172 e. The van der Waals surface area contributed by atoms with Gasteiger partial charge in [-0.25, -0.2) is 12.8 Å². The summed E-state index contributed by atoms with van der Waals surface area (Å²) in [6.07, 6.45) is 8.70. The van der Waals surface area contributed by atoms with Crippen molar-refractivity contribution in [3.8, 4) is 0 Å². The molecule has 106 valence electrons. The normalized spacial score (nSPS) is 27.6. The lowest BCUT2D eigenvalue weighted by atomic mass is 10.1. The molecule has 0 spiro atoms. The first-order valence-electron chi connectivity index (χ1n) is 7.26. The van der Waals surface area contributed by atoms with Gasteiger partial charge in [0.15, 0.2) is 11.2 Å². The van der Waals surface area contributed by atoms with E-state index in [9.17, 15) is 4.21 Å². The monoisotopic (exact) mass is 274 g/mol. The Bertz CT molecular complexity index is 260. The SMILES string of the molecule is COC1CCN(S(=O)N2CCCCCCC2)CC1. The van der Waals surface area contributed by atoms with Crippen LogP contribution >= 0.6 is 0 Å². The van der Waals surface area contributed by atoms with Crippen molar-refractivity contribution in [2.75, 3.05) is 33.3 Å². The fraction of sp³-hybridized carbons (Fsp3) is 1.00. The first kappa shape index (κ1) is 14.4. The smallest absolute Gasteiger partial charge is 0.172 e. The molecule has 2 aliphatic rings. The van der Waals surface area contributed by atoms with Gasteiger partial charge in [-0.15, -0.1) is 0 Å². The van der Waals surface area contributed by atoms with E-state index < -0.39 is 11.2 Å². The molecular weight excluding hydrogens is 248 g/mol. The van der Waals surface area contributed by atoms with Crippen molar-refractivity contribution in [1.82, 2.24) is 8.61 Å². The number of hydrogen-bond acceptors (Lipinski definition) is 2. The van der Waals surface area contributed by atoms with E-state index in [-0.39, 0.29) is 0 Å². The summed E-state index contributed by atoms with van der Waals surface area (Å²) in [5, 5.41) is 0. The standard InChI is InChI=1S/C13H26N2O2S/c1-17-13-7-11-15(12-8-13)18(16)14-9-5-3-2-4-6-10-14/h13H,2-12H2,1H3. The van der Waals surface area contributed by atoms with Crippen molar-refractivity contribution < 1.29 is 8.95 Å². The van der Waals surface area contributed by atoms with Crippen LogP contribution in [0.3, 0.4) is 0 Å². The number of rotatable bonds is 3. The third kappa shape index (κ3) is 4.02. The summed E-state index contributed by atoms with van der Waals surface area (Å²) in [5.41, 5.74) is 0. The minimum atomic E-state index is -0.918. The molecule has 2 heterocycles. The fourth-order valence-corrected chi connectivity index (χ4v) is 4.18. The third-order valence-corrected chi connectivity index (χ3v) is 5.60. The highest BCUT2D eigenvalue weighted by Gasteiger charge is 2.26. The Morgan fingerprint density at radius 1 is 0.889 bits per heavy atom. The van der Waals surface area contributed by atoms with Crippen LogP contribution in [-0.4, -0.2) is 52.2 Å². The quantitative estimate of drug-likeness (QED) is 0.788. The Hall–Kier alpha value is 0.0300. The summed E-state index contributed by atoms with van der Waals surface area (Å²) in [4.78, 5) is 0. The topological polar surface area (TPSA) is 32.8 Å². The van der Waals surface area contributed by atoms with Gasteiger partial charge in [-0.1, -0.05) is 19.3 Å². The Morgan fingerprint density at radius 2 is 1.39 bits per heavy atom. The molecule has 1 unspecified atom stereocenters. The van der Waals surface area contributed by atoms with E-state index in [1.54, 1.807) is 7.11 Å². The number of nitrogens with zero attached hydrogens (tertiary/aromatic N) is 2. The minimum absolute atomic E-state index is 0.366. The van der Waals surface area contributed by atoms with Crippen LogP contribution in [0.15, 0.2) is 0 Å². The highest BCUT2D eigenvalue weighted by atomic mass is 32.2. The molecule has 2 rings (SSSR count). The van der Waals surface area contributed by atoms with Crippen molar-refractivity contribution in [2.45, 2.75) is 51.0 Å². The van der Waals surface area contributed by atoms with Gasteiger partial charge in [0.2, 0.25) is 0 Å². The maximum absolute atomic E-state index is 12.5. The molecule has 0 radical (unpaired) electrons. The zero-order valence-corrected chi connectivity index (χ0v) is 12.3. The molecule has 1 atom stereocenters. The van der Waals surface area contributed by atoms with Gasteiger partial charge in [-0.2, -0.15) is 0 Å². The largest absolute Gasteiger partial charge is 0.381 e. The number of piperidine rings is 1. The van der Waals surface area contributed by atoms with Gasteiger partial charge in [-0.05, 0) is 25.7 Å². The fourth-order valence-electron chi connectivity index (χ4n) is 2.76. The van der Waals surface area contributed by atoms with Crippen molar-refractivity contribution in [2.24, 2.45) is 0 Å². The van der Waals surface area contributed by atoms with Gasteiger partial charge in [0.1, 0.15) is 0 Å². The Kier molecular flexibility index (Phi) is 6.08. The summed E-state index contributed by atoms with van der Waals surface area (Å²) in [7, 11) is 1.77. The first-order chi connectivity index (χ1) is 8.81. The van der Waals surface area contributed by atoms with E-state index in [4.69, 9.17) is 4.74 Å². The molecule has 0 N–H and O–H groups in total. The molecule has 2 aliphatic heterocycles. The minimum Gasteiger partial charge on any atom is -0.381 e. The summed E-state index contributed by atoms with van der Waals surface area (Å²) >= 11 is -0.918. The molecule has 0 aromatic carbocycles. The third-order valence-electron chi connectivity index (χ3n) is 3.99. The zero-order chi connectivity index (χ0) is 12.8. The van der Waals surface area contributed by atoms with Gasteiger partial charge in [-0.3, -0.25) is 0 Å². The highest BCUT2D eigenvalue weighted by Crippen LogP contribution is 2.18. The van der Waals surface area contributed by atoms with Crippen LogP contribution in [-0.2, 0) is 15.9 Å². The molecule has 0 saturated carbocycles. The van der Waals surface area contributed by atoms with Crippen molar-refractivity contribution in [1.29, 1.82) is 0 Å². The van der Waals surface area contributed by atoms with E-state index in [2.05, 4.69) is 8.61 Å². The first-order valence-corrected chi connectivity index (χ1v) is 8.32. The Balaban J connectivity index is 1.82. The van der Waals surface area contributed by atoms with E-state index in [0.717, 1.165) is 39.0 Å². The van der Waals surface area contributed by atoms with Gasteiger partial charge < -0.3 is 4.74 Å². The number of ether oxygens (including phenoxy) is 1. The Labute approximate surface area is 113 Å². The van der Waals surface area contributed by atoms with Gasteiger partial charge >= 0.3 is 0 Å². The van der Waals surface area contributed by atoms with Gasteiger partial charge in [0, 0.05) is 33.3 Å². The molecule has 0 aliphatic carbocycles. The lowest BCUT2D eigenvalue weighted by Crippen LogP contribution is -2.45. The second kappa shape index (κ2) is 7.58. The summed E-state index contributed by atoms with van der Waals surface area (Å²) in [5.74, 6) is 0. The summed E-state index contributed by atoms with van der Waals surface area (Å²) in [6.45, 7) is 3.80. The molecule has 2 saturated heterocycles. The van der Waals surface area contributed by atoms with Crippen LogP contribution in [0.2, 0.25) is 0 Å². The van der Waals surface area contributed by atoms with Crippen LogP contribution in [0.5, 0.6) is 0 Å². The van der Waals surface area contributed by atoms with Crippen molar-refractivity contribution >= 4 is 11.2 Å². The molecular formula is C13H26N2O2S. The Morgan fingerprint density at radius 3 is 1.94 bits per heavy atom. The van der Waals surface area contributed by atoms with E-state index in [1.807, 2.05) is 0 Å². The molecule has 0 amide bonds. The molecule has 18 heavy (non-hydrogen) atoms. The lowest BCUT2D eigenvalue weighted by molar-refractivity contribution is 0.0604. The lowest BCUT2D eigenvalue weighted by Gasteiger charge is -2.34. The van der Waals surface area contributed by atoms with Crippen LogP contribution in [0.25, 0.3) is 0 Å². The molecule has 2 fully saturated rings.